The molecule has 0 aliphatic heterocycles. The molecule has 0 bridgehead atoms. The van der Waals surface area contributed by atoms with Crippen molar-refractivity contribution in [2.75, 3.05) is 6.54 Å². The van der Waals surface area contributed by atoms with Crippen LogP contribution in [0.4, 0.5) is 4.39 Å². The van der Waals surface area contributed by atoms with Gasteiger partial charge in [0.1, 0.15) is 5.82 Å². The van der Waals surface area contributed by atoms with Crippen LogP contribution in [0, 0.1) is 5.82 Å². The predicted octanol–water partition coefficient (Wildman–Crippen LogP) is 3.84. The van der Waals surface area contributed by atoms with Crippen LogP contribution in [0.15, 0.2) is 35.7 Å². The van der Waals surface area contributed by atoms with Gasteiger partial charge < -0.3 is 5.73 Å². The molecule has 2 aromatic rings. The number of nitrogens with two attached hydrogens (primary N) is 1. The second-order valence-electron chi connectivity index (χ2n) is 4.01. The number of aryl methyl sites for hydroxylation is 1. The third-order valence-corrected chi connectivity index (χ3v) is 3.74. The highest BCUT2D eigenvalue weighted by molar-refractivity contribution is 7.10. The van der Waals surface area contributed by atoms with Crippen LogP contribution in [0.25, 0.3) is 11.1 Å². The van der Waals surface area contributed by atoms with Crippen molar-refractivity contribution >= 4 is 11.3 Å². The van der Waals surface area contributed by atoms with Gasteiger partial charge in [-0.25, -0.2) is 4.39 Å². The number of benzene rings is 1. The minimum absolute atomic E-state index is 0.186. The minimum Gasteiger partial charge on any atom is -0.330 e. The molecular weight excluding hydrogens is 233 g/mol. The molecule has 90 valence electrons. The van der Waals surface area contributed by atoms with Crippen molar-refractivity contribution in [3.63, 3.8) is 0 Å². The van der Waals surface area contributed by atoms with Crippen LogP contribution in [0.2, 0.25) is 0 Å². The lowest BCUT2D eigenvalue weighted by Crippen LogP contribution is -1.98. The maximum atomic E-state index is 12.9. The molecule has 2 rings (SSSR count). The summed E-state index contributed by atoms with van der Waals surface area (Å²) in [6.07, 6.45) is 3.23. The fraction of sp³-hybridized carbons (Fsp3) is 0.286. The van der Waals surface area contributed by atoms with Gasteiger partial charge in [-0.15, -0.1) is 11.3 Å². The summed E-state index contributed by atoms with van der Waals surface area (Å²) < 4.78 is 12.9. The zero-order chi connectivity index (χ0) is 12.1. The van der Waals surface area contributed by atoms with Crippen molar-refractivity contribution in [2.24, 2.45) is 5.73 Å². The minimum atomic E-state index is -0.186. The van der Waals surface area contributed by atoms with Crippen LogP contribution in [0.5, 0.6) is 0 Å². The van der Waals surface area contributed by atoms with E-state index in [4.69, 9.17) is 5.73 Å². The van der Waals surface area contributed by atoms with Gasteiger partial charge in [-0.1, -0.05) is 12.1 Å². The molecule has 1 aromatic heterocycles. The molecule has 0 aliphatic carbocycles. The maximum Gasteiger partial charge on any atom is 0.123 e. The van der Waals surface area contributed by atoms with Gasteiger partial charge >= 0.3 is 0 Å². The van der Waals surface area contributed by atoms with Crippen LogP contribution in [0.3, 0.4) is 0 Å². The van der Waals surface area contributed by atoms with Crippen LogP contribution in [-0.2, 0) is 6.42 Å². The summed E-state index contributed by atoms with van der Waals surface area (Å²) in [7, 11) is 0. The van der Waals surface area contributed by atoms with Gasteiger partial charge in [0.05, 0.1) is 0 Å². The average Bonchev–Trinajstić information content (AvgIpc) is 2.79. The average molecular weight is 249 g/mol. The Morgan fingerprint density at radius 1 is 1.06 bits per heavy atom. The van der Waals surface area contributed by atoms with Gasteiger partial charge in [0.25, 0.3) is 0 Å². The molecule has 0 spiro atoms. The zero-order valence-corrected chi connectivity index (χ0v) is 10.5. The monoisotopic (exact) mass is 249 g/mol. The first-order valence-corrected chi connectivity index (χ1v) is 6.71. The highest BCUT2D eigenvalue weighted by Gasteiger charge is 2.06. The van der Waals surface area contributed by atoms with E-state index in [1.165, 1.54) is 22.6 Å². The van der Waals surface area contributed by atoms with Crippen molar-refractivity contribution in [1.29, 1.82) is 0 Å². The molecule has 17 heavy (non-hydrogen) atoms. The Bertz CT molecular complexity index is 461. The summed E-state index contributed by atoms with van der Waals surface area (Å²) in [5.41, 5.74) is 7.82. The summed E-state index contributed by atoms with van der Waals surface area (Å²) in [5, 5.41) is 2.09. The first-order valence-electron chi connectivity index (χ1n) is 5.83. The summed E-state index contributed by atoms with van der Waals surface area (Å²) >= 11 is 1.76. The van der Waals surface area contributed by atoms with Crippen molar-refractivity contribution in [3.8, 4) is 11.1 Å². The van der Waals surface area contributed by atoms with Crippen molar-refractivity contribution < 1.29 is 4.39 Å². The van der Waals surface area contributed by atoms with Crippen LogP contribution < -0.4 is 5.73 Å². The summed E-state index contributed by atoms with van der Waals surface area (Å²) in [5.74, 6) is -0.186. The second-order valence-corrected chi connectivity index (χ2v) is 5.01. The van der Waals surface area contributed by atoms with E-state index >= 15 is 0 Å². The van der Waals surface area contributed by atoms with Crippen LogP contribution in [-0.4, -0.2) is 6.54 Å². The number of hydrogen-bond acceptors (Lipinski definition) is 2. The summed E-state index contributed by atoms with van der Waals surface area (Å²) in [4.78, 5) is 1.37. The van der Waals surface area contributed by atoms with Gasteiger partial charge in [-0.3, -0.25) is 0 Å². The first-order chi connectivity index (χ1) is 8.31. The topological polar surface area (TPSA) is 26.0 Å². The number of unbranched alkanes of at least 4 members (excludes halogenated alkanes) is 1. The molecule has 0 saturated heterocycles. The fourth-order valence-electron chi connectivity index (χ4n) is 1.85. The van der Waals surface area contributed by atoms with E-state index in [1.807, 2.05) is 12.1 Å². The van der Waals surface area contributed by atoms with E-state index in [-0.39, 0.29) is 5.82 Å². The Hall–Kier alpha value is -1.19. The fourth-order valence-corrected chi connectivity index (χ4v) is 2.79. The molecule has 1 aromatic carbocycles. The Morgan fingerprint density at radius 2 is 1.82 bits per heavy atom. The number of hydrogen-bond donors (Lipinski definition) is 1. The number of thiophene rings is 1. The molecule has 0 saturated carbocycles. The van der Waals surface area contributed by atoms with Crippen molar-refractivity contribution in [1.82, 2.24) is 0 Å². The van der Waals surface area contributed by atoms with Crippen LogP contribution >= 0.6 is 11.3 Å². The molecule has 0 radical (unpaired) electrons. The third-order valence-electron chi connectivity index (χ3n) is 2.76. The molecule has 2 N–H and O–H groups in total. The van der Waals surface area contributed by atoms with Crippen molar-refractivity contribution in [3.05, 3.63) is 46.4 Å². The SMILES string of the molecule is NCCCCc1sccc1-c1ccc(F)cc1. The van der Waals surface area contributed by atoms with E-state index in [2.05, 4.69) is 11.4 Å². The Balaban J connectivity index is 2.15. The quantitative estimate of drug-likeness (QED) is 0.801. The summed E-state index contributed by atoms with van der Waals surface area (Å²) in [6, 6.07) is 8.80. The van der Waals surface area contributed by atoms with Gasteiger partial charge in [-0.05, 0) is 60.5 Å². The van der Waals surface area contributed by atoms with Gasteiger partial charge in [0.15, 0.2) is 0 Å². The molecule has 0 fully saturated rings. The normalized spacial score (nSPS) is 10.7. The largest absolute Gasteiger partial charge is 0.330 e. The predicted molar refractivity (Wildman–Crippen MR) is 71.7 cm³/mol. The number of rotatable bonds is 5. The van der Waals surface area contributed by atoms with E-state index in [0.717, 1.165) is 31.4 Å². The van der Waals surface area contributed by atoms with Gasteiger partial charge in [0.2, 0.25) is 0 Å². The van der Waals surface area contributed by atoms with Gasteiger partial charge in [-0.2, -0.15) is 0 Å². The zero-order valence-electron chi connectivity index (χ0n) is 9.66. The standard InChI is InChI=1S/C14H16FNS/c15-12-6-4-11(5-7-12)13-8-10-17-14(13)3-1-2-9-16/h4-8,10H,1-3,9,16H2. The lowest BCUT2D eigenvalue weighted by molar-refractivity contribution is 0.628. The third kappa shape index (κ3) is 3.14. The molecule has 0 unspecified atom stereocenters. The van der Waals surface area contributed by atoms with E-state index in [0.29, 0.717) is 0 Å². The van der Waals surface area contributed by atoms with Gasteiger partial charge in [0, 0.05) is 4.88 Å². The highest BCUT2D eigenvalue weighted by atomic mass is 32.1. The Kier molecular flexibility index (Phi) is 4.29. The molecule has 0 atom stereocenters. The van der Waals surface area contributed by atoms with E-state index in [9.17, 15) is 4.39 Å². The van der Waals surface area contributed by atoms with Crippen molar-refractivity contribution in [2.45, 2.75) is 19.3 Å². The Labute approximate surface area is 105 Å². The smallest absolute Gasteiger partial charge is 0.123 e. The molecule has 1 heterocycles. The Morgan fingerprint density at radius 3 is 2.53 bits per heavy atom. The first kappa shape index (κ1) is 12.3. The molecule has 0 amide bonds. The number of halogens is 1. The van der Waals surface area contributed by atoms with E-state index in [1.54, 1.807) is 11.3 Å². The van der Waals surface area contributed by atoms with Crippen LogP contribution in [0.1, 0.15) is 17.7 Å². The molecule has 3 heteroatoms. The lowest BCUT2D eigenvalue weighted by atomic mass is 10.0. The lowest BCUT2D eigenvalue weighted by Gasteiger charge is -2.04. The molecule has 1 nitrogen and oxygen atoms in total. The maximum absolute atomic E-state index is 12.9. The molecule has 0 aliphatic rings. The second kappa shape index (κ2) is 5.94. The summed E-state index contributed by atoms with van der Waals surface area (Å²) in [6.45, 7) is 0.747. The molecular formula is C14H16FNS. The highest BCUT2D eigenvalue weighted by Crippen LogP contribution is 2.29. The van der Waals surface area contributed by atoms with E-state index < -0.39 is 0 Å².